The Morgan fingerprint density at radius 2 is 2.27 bits per heavy atom. The van der Waals surface area contributed by atoms with E-state index in [2.05, 4.69) is 30.8 Å². The maximum atomic E-state index is 5.63. The van der Waals surface area contributed by atoms with Crippen LogP contribution in [-0.4, -0.2) is 54.1 Å². The van der Waals surface area contributed by atoms with Gasteiger partial charge in [-0.25, -0.2) is 0 Å². The smallest absolute Gasteiger partial charge is 0.0743 e. The molecular weight excluding hydrogens is 206 g/mol. The summed E-state index contributed by atoms with van der Waals surface area (Å²) in [6.45, 7) is 4.56. The van der Waals surface area contributed by atoms with E-state index in [-0.39, 0.29) is 0 Å². The summed E-state index contributed by atoms with van der Waals surface area (Å²) in [6.07, 6.45) is 3.27. The molecule has 1 fully saturated rings. The van der Waals surface area contributed by atoms with Gasteiger partial charge >= 0.3 is 0 Å². The Bertz CT molecular complexity index is 218. The summed E-state index contributed by atoms with van der Waals surface area (Å²) in [5, 5.41) is 0. The van der Waals surface area contributed by atoms with Gasteiger partial charge in [0.2, 0.25) is 0 Å². The molecule has 2 unspecified atom stereocenters. The molecule has 0 aliphatic carbocycles. The van der Waals surface area contributed by atoms with Gasteiger partial charge in [0.15, 0.2) is 0 Å². The van der Waals surface area contributed by atoms with Gasteiger partial charge in [0.25, 0.3) is 0 Å². The molecule has 2 N–H and O–H groups in total. The number of nitrogens with zero attached hydrogens (tertiary/aromatic N) is 2. The van der Waals surface area contributed by atoms with Crippen molar-refractivity contribution in [3.63, 3.8) is 0 Å². The molecule has 0 saturated carbocycles. The number of thiocarbonyl (C=S) groups is 1. The van der Waals surface area contributed by atoms with Gasteiger partial charge in [0, 0.05) is 31.6 Å². The molecule has 1 saturated heterocycles. The zero-order valence-corrected chi connectivity index (χ0v) is 10.9. The van der Waals surface area contributed by atoms with Gasteiger partial charge in [-0.05, 0) is 26.9 Å². The number of likely N-dealkylation sites (tertiary alicyclic amines) is 1. The van der Waals surface area contributed by atoms with Crippen LogP contribution in [0, 0.1) is 0 Å². The SMILES string of the molecule is CCC(CC(N)=S)N1CCC(N(C)C)C1. The van der Waals surface area contributed by atoms with E-state index in [1.807, 2.05) is 0 Å². The predicted octanol–water partition coefficient (Wildman–Crippen LogP) is 1.08. The summed E-state index contributed by atoms with van der Waals surface area (Å²) >= 11 is 5.00. The quantitative estimate of drug-likeness (QED) is 0.715. The lowest BCUT2D eigenvalue weighted by molar-refractivity contribution is 0.214. The van der Waals surface area contributed by atoms with Gasteiger partial charge in [-0.3, -0.25) is 4.90 Å². The van der Waals surface area contributed by atoms with Gasteiger partial charge in [-0.15, -0.1) is 0 Å². The first-order valence-electron chi connectivity index (χ1n) is 5.73. The summed E-state index contributed by atoms with van der Waals surface area (Å²) in [6, 6.07) is 1.25. The van der Waals surface area contributed by atoms with Crippen molar-refractivity contribution in [3.05, 3.63) is 0 Å². The van der Waals surface area contributed by atoms with Crippen molar-refractivity contribution in [2.24, 2.45) is 5.73 Å². The Morgan fingerprint density at radius 1 is 1.60 bits per heavy atom. The molecule has 1 aliphatic rings. The van der Waals surface area contributed by atoms with Crippen molar-refractivity contribution in [3.8, 4) is 0 Å². The van der Waals surface area contributed by atoms with E-state index < -0.39 is 0 Å². The zero-order valence-electron chi connectivity index (χ0n) is 10.1. The summed E-state index contributed by atoms with van der Waals surface area (Å²) < 4.78 is 0. The number of likely N-dealkylation sites (N-methyl/N-ethyl adjacent to an activating group) is 1. The van der Waals surface area contributed by atoms with Crippen LogP contribution in [0.2, 0.25) is 0 Å². The molecular formula is C11H23N3S. The standard InChI is InChI=1S/C11H23N3S/c1-4-9(7-11(12)15)14-6-5-10(8-14)13(2)3/h9-10H,4-8H2,1-3H3,(H2,12,15). The van der Waals surface area contributed by atoms with Crippen LogP contribution in [0.1, 0.15) is 26.2 Å². The summed E-state index contributed by atoms with van der Waals surface area (Å²) in [5.41, 5.74) is 5.63. The minimum Gasteiger partial charge on any atom is -0.393 e. The Kier molecular flexibility index (Phi) is 4.96. The highest BCUT2D eigenvalue weighted by molar-refractivity contribution is 7.80. The Balaban J connectivity index is 2.46. The molecule has 1 rings (SSSR count). The topological polar surface area (TPSA) is 32.5 Å². The molecule has 0 spiro atoms. The van der Waals surface area contributed by atoms with E-state index in [4.69, 9.17) is 18.0 Å². The Morgan fingerprint density at radius 3 is 2.67 bits per heavy atom. The van der Waals surface area contributed by atoms with Crippen LogP contribution >= 0.6 is 12.2 Å². The van der Waals surface area contributed by atoms with E-state index in [1.165, 1.54) is 13.0 Å². The van der Waals surface area contributed by atoms with E-state index in [9.17, 15) is 0 Å². The average molecular weight is 229 g/mol. The maximum absolute atomic E-state index is 5.63. The molecule has 0 radical (unpaired) electrons. The number of hydrogen-bond donors (Lipinski definition) is 1. The maximum Gasteiger partial charge on any atom is 0.0743 e. The highest BCUT2D eigenvalue weighted by atomic mass is 32.1. The van der Waals surface area contributed by atoms with E-state index in [1.54, 1.807) is 0 Å². The number of nitrogens with two attached hydrogens (primary N) is 1. The minimum atomic E-state index is 0.549. The lowest BCUT2D eigenvalue weighted by atomic mass is 10.1. The van der Waals surface area contributed by atoms with Crippen LogP contribution in [-0.2, 0) is 0 Å². The van der Waals surface area contributed by atoms with E-state index in [0.717, 1.165) is 19.4 Å². The lowest BCUT2D eigenvalue weighted by Gasteiger charge is -2.27. The second-order valence-electron chi connectivity index (χ2n) is 4.63. The van der Waals surface area contributed by atoms with Crippen LogP contribution in [0.25, 0.3) is 0 Å². The predicted molar refractivity (Wildman–Crippen MR) is 69.1 cm³/mol. The third-order valence-corrected chi connectivity index (χ3v) is 3.52. The largest absolute Gasteiger partial charge is 0.393 e. The molecule has 3 nitrogen and oxygen atoms in total. The monoisotopic (exact) mass is 229 g/mol. The number of rotatable bonds is 5. The Labute approximate surface area is 98.6 Å². The first kappa shape index (κ1) is 12.9. The Hall–Kier alpha value is -0.190. The minimum absolute atomic E-state index is 0.549. The second-order valence-corrected chi connectivity index (χ2v) is 5.16. The first-order valence-corrected chi connectivity index (χ1v) is 6.14. The normalized spacial score (nSPS) is 24.7. The fourth-order valence-electron chi connectivity index (χ4n) is 2.29. The zero-order chi connectivity index (χ0) is 11.4. The molecule has 0 aromatic carbocycles. The van der Waals surface area contributed by atoms with Gasteiger partial charge in [0.05, 0.1) is 4.99 Å². The summed E-state index contributed by atoms with van der Waals surface area (Å²) in [5.74, 6) is 0. The molecule has 1 heterocycles. The van der Waals surface area contributed by atoms with Crippen molar-refractivity contribution in [2.45, 2.75) is 38.3 Å². The van der Waals surface area contributed by atoms with Crippen LogP contribution in [0.3, 0.4) is 0 Å². The van der Waals surface area contributed by atoms with Crippen molar-refractivity contribution in [2.75, 3.05) is 27.2 Å². The highest BCUT2D eigenvalue weighted by Crippen LogP contribution is 2.19. The molecule has 0 bridgehead atoms. The van der Waals surface area contributed by atoms with Gasteiger partial charge in [-0.2, -0.15) is 0 Å². The molecule has 0 aromatic rings. The third-order valence-electron chi connectivity index (χ3n) is 3.35. The van der Waals surface area contributed by atoms with E-state index >= 15 is 0 Å². The van der Waals surface area contributed by atoms with Gasteiger partial charge < -0.3 is 10.6 Å². The highest BCUT2D eigenvalue weighted by Gasteiger charge is 2.28. The summed E-state index contributed by atoms with van der Waals surface area (Å²) in [4.78, 5) is 5.49. The van der Waals surface area contributed by atoms with Gasteiger partial charge in [0.1, 0.15) is 0 Å². The molecule has 15 heavy (non-hydrogen) atoms. The van der Waals surface area contributed by atoms with Crippen LogP contribution in [0.5, 0.6) is 0 Å². The van der Waals surface area contributed by atoms with Crippen LogP contribution < -0.4 is 5.73 Å². The molecule has 0 aromatic heterocycles. The molecule has 2 atom stereocenters. The number of hydrogen-bond acceptors (Lipinski definition) is 3. The fraction of sp³-hybridized carbons (Fsp3) is 0.909. The van der Waals surface area contributed by atoms with E-state index in [0.29, 0.717) is 17.1 Å². The second kappa shape index (κ2) is 5.77. The van der Waals surface area contributed by atoms with Crippen LogP contribution in [0.4, 0.5) is 0 Å². The van der Waals surface area contributed by atoms with Crippen molar-refractivity contribution >= 4 is 17.2 Å². The summed E-state index contributed by atoms with van der Waals surface area (Å²) in [7, 11) is 4.31. The third kappa shape index (κ3) is 3.70. The fourth-order valence-corrected chi connectivity index (χ4v) is 2.48. The van der Waals surface area contributed by atoms with Crippen molar-refractivity contribution in [1.82, 2.24) is 9.80 Å². The van der Waals surface area contributed by atoms with Gasteiger partial charge in [-0.1, -0.05) is 19.1 Å². The molecule has 0 amide bonds. The molecule has 88 valence electrons. The van der Waals surface area contributed by atoms with Crippen LogP contribution in [0.15, 0.2) is 0 Å². The lowest BCUT2D eigenvalue weighted by Crippen LogP contribution is -2.38. The average Bonchev–Trinajstić information content (AvgIpc) is 2.62. The first-order chi connectivity index (χ1) is 7.04. The molecule has 1 aliphatic heterocycles. The molecule has 4 heteroatoms. The van der Waals surface area contributed by atoms with Crippen molar-refractivity contribution < 1.29 is 0 Å². The van der Waals surface area contributed by atoms with Crippen molar-refractivity contribution in [1.29, 1.82) is 0 Å².